The molecule has 2 nitrogen and oxygen atoms in total. The van der Waals surface area contributed by atoms with Crippen LogP contribution in [-0.2, 0) is 0 Å². The van der Waals surface area contributed by atoms with Crippen LogP contribution in [0.15, 0.2) is 36.5 Å². The number of carbonyl (C=O) groups is 1. The molecule has 2 aromatic rings. The molecule has 0 N–H and O–H groups in total. The number of hydrogen-bond donors (Lipinski definition) is 0. The Morgan fingerprint density at radius 3 is 2.53 bits per heavy atom. The first-order valence-electron chi connectivity index (χ1n) is 7.24. The molecule has 0 radical (unpaired) electrons. The number of pyridine rings is 1. The smallest absolute Gasteiger partial charge is 0.168 e. The number of aromatic nitrogens is 1. The highest BCUT2D eigenvalue weighted by molar-refractivity contribution is 6.07. The van der Waals surface area contributed by atoms with Gasteiger partial charge in [-0.3, -0.25) is 9.78 Å². The summed E-state index contributed by atoms with van der Waals surface area (Å²) in [7, 11) is 0. The van der Waals surface area contributed by atoms with E-state index in [9.17, 15) is 4.79 Å². The van der Waals surface area contributed by atoms with Crippen LogP contribution < -0.4 is 0 Å². The van der Waals surface area contributed by atoms with Gasteiger partial charge in [-0.1, -0.05) is 43.9 Å². The van der Waals surface area contributed by atoms with Gasteiger partial charge in [-0.2, -0.15) is 0 Å². The number of hydrogen-bond acceptors (Lipinski definition) is 2. The van der Waals surface area contributed by atoms with Crippen LogP contribution in [0.3, 0.4) is 0 Å². The predicted octanol–water partition coefficient (Wildman–Crippen LogP) is 4.39. The maximum atomic E-state index is 12.7. The summed E-state index contributed by atoms with van der Waals surface area (Å²) in [5.74, 6) is 0.501. The van der Waals surface area contributed by atoms with Crippen LogP contribution in [0.2, 0.25) is 0 Å². The van der Waals surface area contributed by atoms with E-state index in [0.29, 0.717) is 5.78 Å². The normalized spacial score (nSPS) is 17.3. The van der Waals surface area contributed by atoms with Gasteiger partial charge in [0.25, 0.3) is 0 Å². The van der Waals surface area contributed by atoms with Crippen LogP contribution in [0.25, 0.3) is 10.9 Å². The predicted molar refractivity (Wildman–Crippen MR) is 77.3 cm³/mol. The minimum Gasteiger partial charge on any atom is -0.294 e. The Kier molecular flexibility index (Phi) is 3.58. The largest absolute Gasteiger partial charge is 0.294 e. The van der Waals surface area contributed by atoms with Crippen molar-refractivity contribution in [2.24, 2.45) is 5.92 Å². The molecule has 1 fully saturated rings. The van der Waals surface area contributed by atoms with Crippen LogP contribution in [0.4, 0.5) is 0 Å². The van der Waals surface area contributed by atoms with Gasteiger partial charge in [0.2, 0.25) is 0 Å². The first-order valence-corrected chi connectivity index (χ1v) is 7.24. The summed E-state index contributed by atoms with van der Waals surface area (Å²) >= 11 is 0. The quantitative estimate of drug-likeness (QED) is 0.587. The molecule has 0 bridgehead atoms. The third-order valence-electron chi connectivity index (χ3n) is 4.12. The van der Waals surface area contributed by atoms with Crippen molar-refractivity contribution in [1.82, 2.24) is 4.98 Å². The molecule has 0 amide bonds. The molecule has 1 aliphatic rings. The lowest BCUT2D eigenvalue weighted by molar-refractivity contribution is 0.0909. The highest BCUT2D eigenvalue weighted by Crippen LogP contribution is 2.28. The third kappa shape index (κ3) is 2.53. The van der Waals surface area contributed by atoms with E-state index in [1.54, 1.807) is 6.20 Å². The summed E-state index contributed by atoms with van der Waals surface area (Å²) in [4.78, 5) is 17.1. The average Bonchev–Trinajstić information content (AvgIpc) is 2.75. The summed E-state index contributed by atoms with van der Waals surface area (Å²) in [5.41, 5.74) is 1.67. The number of fused-ring (bicyclic) bond motifs is 1. The lowest BCUT2D eigenvalue weighted by Gasteiger charge is -2.13. The lowest BCUT2D eigenvalue weighted by atomic mass is 9.90. The van der Waals surface area contributed by atoms with Crippen molar-refractivity contribution in [2.45, 2.75) is 38.5 Å². The van der Waals surface area contributed by atoms with Crippen molar-refractivity contribution in [1.29, 1.82) is 0 Å². The van der Waals surface area contributed by atoms with Crippen molar-refractivity contribution >= 4 is 16.7 Å². The standard InChI is InChI=1S/C17H19NO/c19-17(14-7-3-1-2-4-8-14)15-11-5-9-13-10-6-12-18-16(13)15/h5-6,9-12,14H,1-4,7-8H2. The van der Waals surface area contributed by atoms with Crippen molar-refractivity contribution in [3.63, 3.8) is 0 Å². The third-order valence-corrected chi connectivity index (χ3v) is 4.12. The first-order chi connectivity index (χ1) is 9.36. The van der Waals surface area contributed by atoms with Crippen molar-refractivity contribution < 1.29 is 4.79 Å². The highest BCUT2D eigenvalue weighted by atomic mass is 16.1. The van der Waals surface area contributed by atoms with E-state index < -0.39 is 0 Å². The maximum absolute atomic E-state index is 12.7. The van der Waals surface area contributed by atoms with Crippen molar-refractivity contribution in [3.05, 3.63) is 42.1 Å². The van der Waals surface area contributed by atoms with E-state index in [-0.39, 0.29) is 5.92 Å². The Bertz CT molecular complexity index is 577. The number of nitrogens with zero attached hydrogens (tertiary/aromatic N) is 1. The molecular formula is C17H19NO. The second-order valence-electron chi connectivity index (χ2n) is 5.43. The zero-order chi connectivity index (χ0) is 13.1. The fourth-order valence-electron chi connectivity index (χ4n) is 3.06. The van der Waals surface area contributed by atoms with Crippen LogP contribution in [0, 0.1) is 5.92 Å². The minimum absolute atomic E-state index is 0.204. The molecule has 0 saturated heterocycles. The van der Waals surface area contributed by atoms with Gasteiger partial charge in [-0.15, -0.1) is 0 Å². The van der Waals surface area contributed by atoms with E-state index in [0.717, 1.165) is 29.3 Å². The number of rotatable bonds is 2. The van der Waals surface area contributed by atoms with Gasteiger partial charge in [0.1, 0.15) is 0 Å². The summed E-state index contributed by atoms with van der Waals surface area (Å²) in [6.07, 6.45) is 8.79. The lowest BCUT2D eigenvalue weighted by Crippen LogP contribution is -2.14. The van der Waals surface area contributed by atoms with Gasteiger partial charge in [-0.25, -0.2) is 0 Å². The second kappa shape index (κ2) is 5.52. The van der Waals surface area contributed by atoms with E-state index >= 15 is 0 Å². The topological polar surface area (TPSA) is 30.0 Å². The molecule has 19 heavy (non-hydrogen) atoms. The van der Waals surface area contributed by atoms with Gasteiger partial charge < -0.3 is 0 Å². The van der Waals surface area contributed by atoms with E-state index in [4.69, 9.17) is 0 Å². The Balaban J connectivity index is 1.96. The Morgan fingerprint density at radius 2 is 1.74 bits per heavy atom. The van der Waals surface area contributed by atoms with E-state index in [1.165, 1.54) is 25.7 Å². The molecule has 1 heterocycles. The zero-order valence-corrected chi connectivity index (χ0v) is 11.1. The highest BCUT2D eigenvalue weighted by Gasteiger charge is 2.22. The van der Waals surface area contributed by atoms with Crippen LogP contribution in [0.1, 0.15) is 48.9 Å². The minimum atomic E-state index is 0.204. The molecule has 2 heteroatoms. The zero-order valence-electron chi connectivity index (χ0n) is 11.1. The van der Waals surface area contributed by atoms with Gasteiger partial charge in [-0.05, 0) is 25.0 Å². The average molecular weight is 253 g/mol. The molecule has 1 saturated carbocycles. The molecular weight excluding hydrogens is 234 g/mol. The van der Waals surface area contributed by atoms with Crippen LogP contribution in [0.5, 0.6) is 0 Å². The monoisotopic (exact) mass is 253 g/mol. The second-order valence-corrected chi connectivity index (χ2v) is 5.43. The summed E-state index contributed by atoms with van der Waals surface area (Å²) < 4.78 is 0. The fraction of sp³-hybridized carbons (Fsp3) is 0.412. The number of carbonyl (C=O) groups excluding carboxylic acids is 1. The fourth-order valence-corrected chi connectivity index (χ4v) is 3.06. The number of para-hydroxylation sites is 1. The Morgan fingerprint density at radius 1 is 1.00 bits per heavy atom. The molecule has 3 rings (SSSR count). The van der Waals surface area contributed by atoms with Crippen LogP contribution in [-0.4, -0.2) is 10.8 Å². The molecule has 1 aliphatic carbocycles. The van der Waals surface area contributed by atoms with Gasteiger partial charge >= 0.3 is 0 Å². The molecule has 0 spiro atoms. The summed E-state index contributed by atoms with van der Waals surface area (Å²) in [5, 5.41) is 1.06. The summed E-state index contributed by atoms with van der Waals surface area (Å²) in [6.45, 7) is 0. The Labute approximate surface area is 113 Å². The molecule has 0 unspecified atom stereocenters. The number of Topliss-reactive ketones (excluding diaryl/α,β-unsaturated/α-hetero) is 1. The van der Waals surface area contributed by atoms with Gasteiger partial charge in [0.15, 0.2) is 5.78 Å². The van der Waals surface area contributed by atoms with Gasteiger partial charge in [0, 0.05) is 23.1 Å². The van der Waals surface area contributed by atoms with Crippen molar-refractivity contribution in [3.8, 4) is 0 Å². The Hall–Kier alpha value is -1.70. The molecule has 0 atom stereocenters. The van der Waals surface area contributed by atoms with E-state index in [1.807, 2.05) is 30.3 Å². The SMILES string of the molecule is O=C(c1cccc2cccnc12)C1CCCCCC1. The first kappa shape index (κ1) is 12.3. The van der Waals surface area contributed by atoms with E-state index in [2.05, 4.69) is 4.98 Å². The van der Waals surface area contributed by atoms with Crippen molar-refractivity contribution in [2.75, 3.05) is 0 Å². The molecule has 1 aromatic carbocycles. The molecule has 0 aliphatic heterocycles. The number of benzene rings is 1. The van der Waals surface area contributed by atoms with Gasteiger partial charge in [0.05, 0.1) is 5.52 Å². The number of ketones is 1. The summed E-state index contributed by atoms with van der Waals surface area (Å²) in [6, 6.07) is 9.86. The van der Waals surface area contributed by atoms with Crippen LogP contribution >= 0.6 is 0 Å². The maximum Gasteiger partial charge on any atom is 0.168 e. The molecule has 1 aromatic heterocycles. The molecule has 98 valence electrons.